The first-order valence-corrected chi connectivity index (χ1v) is 5.03. The lowest BCUT2D eigenvalue weighted by molar-refractivity contribution is 0.0591. The van der Waals surface area contributed by atoms with Crippen molar-refractivity contribution in [2.45, 2.75) is 25.1 Å². The summed E-state index contributed by atoms with van der Waals surface area (Å²) in [6, 6.07) is -0.0516. The van der Waals surface area contributed by atoms with Gasteiger partial charge in [0.05, 0.1) is 25.7 Å². The Kier molecular flexibility index (Phi) is 2.86. The second-order valence-electron chi connectivity index (χ2n) is 3.87. The predicted molar refractivity (Wildman–Crippen MR) is 48.8 cm³/mol. The Morgan fingerprint density at radius 1 is 1.50 bits per heavy atom. The van der Waals surface area contributed by atoms with Gasteiger partial charge in [-0.1, -0.05) is 0 Å². The highest BCUT2D eigenvalue weighted by Gasteiger charge is 2.31. The Balaban J connectivity index is 1.71. The maximum Gasteiger partial charge on any atom is 0.317 e. The van der Waals surface area contributed by atoms with Crippen molar-refractivity contribution in [3.05, 3.63) is 0 Å². The van der Waals surface area contributed by atoms with Crippen LogP contribution in [0, 0.1) is 0 Å². The van der Waals surface area contributed by atoms with Gasteiger partial charge in [-0.25, -0.2) is 9.18 Å². The van der Waals surface area contributed by atoms with Crippen LogP contribution < -0.4 is 5.32 Å². The van der Waals surface area contributed by atoms with E-state index in [-0.39, 0.29) is 25.2 Å². The van der Waals surface area contributed by atoms with Gasteiger partial charge in [0.25, 0.3) is 0 Å². The minimum Gasteiger partial charge on any atom is -0.379 e. The van der Waals surface area contributed by atoms with Crippen molar-refractivity contribution in [3.8, 4) is 0 Å². The Labute approximate surface area is 82.4 Å². The molecule has 2 rings (SSSR count). The molecule has 2 aliphatic rings. The summed E-state index contributed by atoms with van der Waals surface area (Å²) in [5.74, 6) is 0. The Bertz CT molecular complexity index is 213. The van der Waals surface area contributed by atoms with E-state index >= 15 is 0 Å². The number of amides is 2. The number of carbonyl (C=O) groups is 1. The van der Waals surface area contributed by atoms with E-state index in [4.69, 9.17) is 4.74 Å². The smallest absolute Gasteiger partial charge is 0.317 e. The zero-order valence-electron chi connectivity index (χ0n) is 8.04. The highest BCUT2D eigenvalue weighted by atomic mass is 19.1. The van der Waals surface area contributed by atoms with Crippen molar-refractivity contribution in [3.63, 3.8) is 0 Å². The molecule has 0 unspecified atom stereocenters. The zero-order valence-corrected chi connectivity index (χ0v) is 8.04. The number of rotatable bonds is 1. The summed E-state index contributed by atoms with van der Waals surface area (Å²) in [6.45, 7) is 1.83. The van der Waals surface area contributed by atoms with Gasteiger partial charge in [0.2, 0.25) is 0 Å². The molecule has 0 radical (unpaired) electrons. The largest absolute Gasteiger partial charge is 0.379 e. The van der Waals surface area contributed by atoms with Crippen LogP contribution in [0.15, 0.2) is 0 Å². The molecule has 2 saturated heterocycles. The molecule has 2 fully saturated rings. The lowest BCUT2D eigenvalue weighted by Crippen LogP contribution is -2.57. The van der Waals surface area contributed by atoms with Gasteiger partial charge in [0, 0.05) is 6.61 Å². The lowest BCUT2D eigenvalue weighted by atomic mass is 10.1. The minimum absolute atomic E-state index is 0.106. The van der Waals surface area contributed by atoms with Gasteiger partial charge in [-0.15, -0.1) is 0 Å². The van der Waals surface area contributed by atoms with Crippen LogP contribution in [0.4, 0.5) is 9.18 Å². The molecule has 80 valence electrons. The fraction of sp³-hybridized carbons (Fsp3) is 0.889. The molecule has 1 N–H and O–H groups in total. The van der Waals surface area contributed by atoms with Crippen molar-refractivity contribution in [1.82, 2.24) is 10.2 Å². The number of ether oxygens (including phenoxy) is 1. The molecule has 5 heteroatoms. The van der Waals surface area contributed by atoms with E-state index in [1.54, 1.807) is 0 Å². The third-order valence-electron chi connectivity index (χ3n) is 2.61. The van der Waals surface area contributed by atoms with E-state index in [2.05, 4.69) is 5.32 Å². The fourth-order valence-electron chi connectivity index (χ4n) is 1.71. The fourth-order valence-corrected chi connectivity index (χ4v) is 1.71. The Morgan fingerprint density at radius 3 is 2.86 bits per heavy atom. The van der Waals surface area contributed by atoms with Crippen LogP contribution in [0.2, 0.25) is 0 Å². The van der Waals surface area contributed by atoms with Crippen molar-refractivity contribution in [1.29, 1.82) is 0 Å². The number of nitrogens with zero attached hydrogens (tertiary/aromatic N) is 1. The molecule has 0 spiro atoms. The second-order valence-corrected chi connectivity index (χ2v) is 3.87. The maximum absolute atomic E-state index is 12.5. The van der Waals surface area contributed by atoms with Gasteiger partial charge in [-0.05, 0) is 12.8 Å². The normalized spacial score (nSPS) is 28.4. The van der Waals surface area contributed by atoms with Crippen LogP contribution in [-0.2, 0) is 4.74 Å². The topological polar surface area (TPSA) is 41.6 Å². The standard InChI is InChI=1S/C9H15FN2O2/c10-7-4-12(5-7)9(13)11-8-2-1-3-14-6-8/h7-8H,1-6H2,(H,11,13)/t8-/m1/s1. The van der Waals surface area contributed by atoms with Gasteiger partial charge in [-0.2, -0.15) is 0 Å². The molecule has 0 aliphatic carbocycles. The van der Waals surface area contributed by atoms with Crippen LogP contribution in [0.3, 0.4) is 0 Å². The Morgan fingerprint density at radius 2 is 2.29 bits per heavy atom. The van der Waals surface area contributed by atoms with Gasteiger partial charge >= 0.3 is 6.03 Å². The third-order valence-corrected chi connectivity index (χ3v) is 2.61. The molecule has 14 heavy (non-hydrogen) atoms. The number of nitrogens with one attached hydrogen (secondary N) is 1. The zero-order chi connectivity index (χ0) is 9.97. The molecule has 0 aromatic carbocycles. The van der Waals surface area contributed by atoms with Crippen LogP contribution >= 0.6 is 0 Å². The molecular formula is C9H15FN2O2. The highest BCUT2D eigenvalue weighted by Crippen LogP contribution is 2.12. The highest BCUT2D eigenvalue weighted by molar-refractivity contribution is 5.75. The minimum atomic E-state index is -0.830. The van der Waals surface area contributed by atoms with E-state index < -0.39 is 6.17 Å². The Hall–Kier alpha value is -0.840. The summed E-state index contributed by atoms with van der Waals surface area (Å²) in [4.78, 5) is 12.9. The summed E-state index contributed by atoms with van der Waals surface area (Å²) >= 11 is 0. The average Bonchev–Trinajstić information content (AvgIpc) is 2.14. The van der Waals surface area contributed by atoms with Crippen LogP contribution in [0.1, 0.15) is 12.8 Å². The predicted octanol–water partition coefficient (Wildman–Crippen LogP) is 0.529. The summed E-state index contributed by atoms with van der Waals surface area (Å²) in [6.07, 6.45) is 1.11. The van der Waals surface area contributed by atoms with Gasteiger partial charge in [0.1, 0.15) is 6.17 Å². The van der Waals surface area contributed by atoms with E-state index in [9.17, 15) is 9.18 Å². The first kappa shape index (κ1) is 9.71. The third kappa shape index (κ3) is 2.15. The van der Waals surface area contributed by atoms with E-state index in [1.165, 1.54) is 4.90 Å². The molecule has 0 aromatic rings. The summed E-state index contributed by atoms with van der Waals surface area (Å²) in [5, 5.41) is 2.84. The van der Waals surface area contributed by atoms with Gasteiger partial charge in [0.15, 0.2) is 0 Å². The molecule has 0 saturated carbocycles. The van der Waals surface area contributed by atoms with Gasteiger partial charge in [-0.3, -0.25) is 0 Å². The number of alkyl halides is 1. The molecular weight excluding hydrogens is 187 g/mol. The maximum atomic E-state index is 12.5. The summed E-state index contributed by atoms with van der Waals surface area (Å²) in [5.41, 5.74) is 0. The average molecular weight is 202 g/mol. The summed E-state index contributed by atoms with van der Waals surface area (Å²) in [7, 11) is 0. The number of urea groups is 1. The molecule has 1 atom stereocenters. The van der Waals surface area contributed by atoms with Gasteiger partial charge < -0.3 is 15.0 Å². The number of hydrogen-bond donors (Lipinski definition) is 1. The number of likely N-dealkylation sites (tertiary alicyclic amines) is 1. The van der Waals surface area contributed by atoms with Crippen molar-refractivity contribution in [2.24, 2.45) is 0 Å². The molecule has 0 aromatic heterocycles. The van der Waals surface area contributed by atoms with Crippen LogP contribution in [-0.4, -0.2) is 49.4 Å². The molecule has 4 nitrogen and oxygen atoms in total. The SMILES string of the molecule is O=C(N[C@@H]1CCCOC1)N1CC(F)C1. The second kappa shape index (κ2) is 4.13. The van der Waals surface area contributed by atoms with Crippen molar-refractivity contribution >= 4 is 6.03 Å². The monoisotopic (exact) mass is 202 g/mol. The van der Waals surface area contributed by atoms with E-state index in [0.29, 0.717) is 6.61 Å². The first-order chi connectivity index (χ1) is 6.75. The molecule has 2 aliphatic heterocycles. The lowest BCUT2D eigenvalue weighted by Gasteiger charge is -2.36. The molecule has 2 amide bonds. The van der Waals surface area contributed by atoms with E-state index in [0.717, 1.165) is 19.4 Å². The number of halogens is 1. The first-order valence-electron chi connectivity index (χ1n) is 5.03. The van der Waals surface area contributed by atoms with Crippen molar-refractivity contribution in [2.75, 3.05) is 26.3 Å². The summed E-state index contributed by atoms with van der Waals surface area (Å²) < 4.78 is 17.7. The van der Waals surface area contributed by atoms with E-state index in [1.807, 2.05) is 0 Å². The quantitative estimate of drug-likeness (QED) is 0.674. The molecule has 2 heterocycles. The van der Waals surface area contributed by atoms with Crippen LogP contribution in [0.5, 0.6) is 0 Å². The van der Waals surface area contributed by atoms with Crippen molar-refractivity contribution < 1.29 is 13.9 Å². The molecule has 0 bridgehead atoms. The number of carbonyl (C=O) groups excluding carboxylic acids is 1. The number of hydrogen-bond acceptors (Lipinski definition) is 2. The van der Waals surface area contributed by atoms with Crippen LogP contribution in [0.25, 0.3) is 0 Å².